The zero-order valence-electron chi connectivity index (χ0n) is 11.1. The molecule has 0 amide bonds. The second kappa shape index (κ2) is 5.02. The zero-order chi connectivity index (χ0) is 13.9. The number of hydrogen-bond acceptors (Lipinski definition) is 2. The lowest BCUT2D eigenvalue weighted by Gasteiger charge is -2.12. The van der Waals surface area contributed by atoms with Gasteiger partial charge >= 0.3 is 0 Å². The molecular weight excluding hydrogens is 246 g/mol. The van der Waals surface area contributed by atoms with Crippen molar-refractivity contribution in [3.05, 3.63) is 72.3 Å². The topological polar surface area (TPSA) is 41.6 Å². The number of benzene rings is 2. The van der Waals surface area contributed by atoms with Crippen LogP contribution in [0.4, 0.5) is 0 Å². The van der Waals surface area contributed by atoms with Crippen LogP contribution in [-0.2, 0) is 0 Å². The summed E-state index contributed by atoms with van der Waals surface area (Å²) in [4.78, 5) is 4.09. The Bertz CT molecular complexity index is 780. The molecule has 0 spiro atoms. The van der Waals surface area contributed by atoms with Crippen LogP contribution < -0.4 is 0 Å². The molecule has 20 heavy (non-hydrogen) atoms. The first-order valence-corrected chi connectivity index (χ1v) is 6.38. The van der Waals surface area contributed by atoms with E-state index in [1.54, 1.807) is 12.5 Å². The quantitative estimate of drug-likeness (QED) is 0.703. The first-order valence-electron chi connectivity index (χ1n) is 6.38. The number of rotatable bonds is 2. The molecular formula is C17H13N3. The van der Waals surface area contributed by atoms with Gasteiger partial charge in [-0.3, -0.25) is 0 Å². The summed E-state index contributed by atoms with van der Waals surface area (Å²) in [5.41, 5.74) is 4.72. The Morgan fingerprint density at radius 2 is 1.85 bits per heavy atom. The van der Waals surface area contributed by atoms with Crippen LogP contribution in [0.5, 0.6) is 0 Å². The molecule has 0 saturated carbocycles. The zero-order valence-corrected chi connectivity index (χ0v) is 11.1. The van der Waals surface area contributed by atoms with Gasteiger partial charge in [-0.2, -0.15) is 5.26 Å². The number of para-hydroxylation sites is 1. The van der Waals surface area contributed by atoms with Gasteiger partial charge in [-0.05, 0) is 18.6 Å². The van der Waals surface area contributed by atoms with E-state index in [1.807, 2.05) is 60.2 Å². The molecule has 0 unspecified atom stereocenters. The van der Waals surface area contributed by atoms with Crippen LogP contribution in [0.15, 0.2) is 61.2 Å². The number of hydrogen-bond donors (Lipinski definition) is 0. The number of nitrogens with zero attached hydrogens (tertiary/aromatic N) is 3. The van der Waals surface area contributed by atoms with E-state index in [-0.39, 0.29) is 0 Å². The maximum atomic E-state index is 9.41. The van der Waals surface area contributed by atoms with E-state index in [0.29, 0.717) is 0 Å². The highest BCUT2D eigenvalue weighted by atomic mass is 15.0. The number of imidazole rings is 1. The normalized spacial score (nSPS) is 10.2. The Morgan fingerprint density at radius 1 is 1.05 bits per heavy atom. The molecule has 0 aliphatic rings. The van der Waals surface area contributed by atoms with Crippen LogP contribution in [0, 0.1) is 18.3 Å². The molecule has 3 nitrogen and oxygen atoms in total. The van der Waals surface area contributed by atoms with Crippen LogP contribution in [0.25, 0.3) is 16.8 Å². The van der Waals surface area contributed by atoms with E-state index >= 15 is 0 Å². The maximum Gasteiger partial charge on any atom is 0.100 e. The van der Waals surface area contributed by atoms with Crippen molar-refractivity contribution in [2.24, 2.45) is 0 Å². The Hall–Kier alpha value is -2.86. The molecule has 0 bridgehead atoms. The van der Waals surface area contributed by atoms with E-state index in [1.165, 1.54) is 0 Å². The lowest BCUT2D eigenvalue weighted by molar-refractivity contribution is 1.06. The van der Waals surface area contributed by atoms with E-state index in [0.717, 1.165) is 27.9 Å². The van der Waals surface area contributed by atoms with Gasteiger partial charge < -0.3 is 4.57 Å². The van der Waals surface area contributed by atoms with Gasteiger partial charge in [0.2, 0.25) is 0 Å². The molecule has 1 aromatic heterocycles. The molecule has 2 aromatic carbocycles. The van der Waals surface area contributed by atoms with E-state index in [9.17, 15) is 5.26 Å². The van der Waals surface area contributed by atoms with Crippen LogP contribution in [0.3, 0.4) is 0 Å². The van der Waals surface area contributed by atoms with Crippen molar-refractivity contribution >= 4 is 0 Å². The third-order valence-electron chi connectivity index (χ3n) is 3.36. The largest absolute Gasteiger partial charge is 0.306 e. The lowest BCUT2D eigenvalue weighted by Crippen LogP contribution is -1.96. The molecule has 0 atom stereocenters. The Morgan fingerprint density at radius 3 is 2.60 bits per heavy atom. The number of nitriles is 1. The van der Waals surface area contributed by atoms with Gasteiger partial charge in [-0.25, -0.2) is 4.98 Å². The van der Waals surface area contributed by atoms with Crippen molar-refractivity contribution in [1.29, 1.82) is 5.26 Å². The molecule has 0 radical (unpaired) electrons. The monoisotopic (exact) mass is 259 g/mol. The predicted octanol–water partition coefficient (Wildman–Crippen LogP) is 3.72. The summed E-state index contributed by atoms with van der Waals surface area (Å²) in [5, 5.41) is 9.41. The molecule has 96 valence electrons. The van der Waals surface area contributed by atoms with Crippen molar-refractivity contribution in [3.63, 3.8) is 0 Å². The van der Waals surface area contributed by atoms with Crippen LogP contribution in [0.2, 0.25) is 0 Å². The first-order chi connectivity index (χ1) is 9.81. The van der Waals surface area contributed by atoms with Gasteiger partial charge in [0.15, 0.2) is 0 Å². The van der Waals surface area contributed by atoms with Crippen molar-refractivity contribution in [2.75, 3.05) is 0 Å². The SMILES string of the molecule is Cc1cccc(-c2ccccc2-n2ccnc2)c1C#N. The second-order valence-electron chi connectivity index (χ2n) is 4.60. The molecule has 3 heteroatoms. The Labute approximate surface area is 117 Å². The van der Waals surface area contributed by atoms with Gasteiger partial charge in [-0.1, -0.05) is 36.4 Å². The summed E-state index contributed by atoms with van der Waals surface area (Å²) < 4.78 is 1.96. The summed E-state index contributed by atoms with van der Waals surface area (Å²) in [7, 11) is 0. The van der Waals surface area contributed by atoms with Crippen molar-refractivity contribution in [1.82, 2.24) is 9.55 Å². The molecule has 0 aliphatic heterocycles. The highest BCUT2D eigenvalue weighted by molar-refractivity contribution is 5.78. The van der Waals surface area contributed by atoms with E-state index in [4.69, 9.17) is 0 Å². The minimum Gasteiger partial charge on any atom is -0.306 e. The molecule has 0 fully saturated rings. The van der Waals surface area contributed by atoms with Crippen LogP contribution in [-0.4, -0.2) is 9.55 Å². The Kier molecular flexibility index (Phi) is 3.06. The standard InChI is InChI=1S/C17H13N3/c1-13-5-4-7-14(16(13)11-18)15-6-2-3-8-17(15)20-10-9-19-12-20/h2-10,12H,1H3. The highest BCUT2D eigenvalue weighted by Crippen LogP contribution is 2.30. The molecule has 1 heterocycles. The summed E-state index contributed by atoms with van der Waals surface area (Å²) >= 11 is 0. The van der Waals surface area contributed by atoms with Crippen LogP contribution >= 0.6 is 0 Å². The number of aryl methyl sites for hydroxylation is 1. The molecule has 3 rings (SSSR count). The van der Waals surface area contributed by atoms with Gasteiger partial charge in [0, 0.05) is 23.5 Å². The smallest absolute Gasteiger partial charge is 0.100 e. The van der Waals surface area contributed by atoms with Gasteiger partial charge in [0.05, 0.1) is 17.6 Å². The fourth-order valence-corrected chi connectivity index (χ4v) is 2.37. The van der Waals surface area contributed by atoms with Crippen molar-refractivity contribution in [2.45, 2.75) is 6.92 Å². The second-order valence-corrected chi connectivity index (χ2v) is 4.60. The highest BCUT2D eigenvalue weighted by Gasteiger charge is 2.11. The first kappa shape index (κ1) is 12.2. The molecule has 3 aromatic rings. The average Bonchev–Trinajstić information content (AvgIpc) is 3.01. The summed E-state index contributed by atoms with van der Waals surface area (Å²) in [5.74, 6) is 0. The molecule has 0 N–H and O–H groups in total. The van der Waals surface area contributed by atoms with Gasteiger partial charge in [0.25, 0.3) is 0 Å². The third kappa shape index (κ3) is 1.98. The summed E-state index contributed by atoms with van der Waals surface area (Å²) in [6, 6.07) is 16.3. The predicted molar refractivity (Wildman–Crippen MR) is 78.5 cm³/mol. The minimum atomic E-state index is 0.722. The minimum absolute atomic E-state index is 0.722. The van der Waals surface area contributed by atoms with Crippen molar-refractivity contribution in [3.8, 4) is 22.9 Å². The third-order valence-corrected chi connectivity index (χ3v) is 3.36. The number of aromatic nitrogens is 2. The van der Waals surface area contributed by atoms with Crippen LogP contribution in [0.1, 0.15) is 11.1 Å². The van der Waals surface area contributed by atoms with E-state index < -0.39 is 0 Å². The lowest BCUT2D eigenvalue weighted by atomic mass is 9.95. The van der Waals surface area contributed by atoms with Gasteiger partial charge in [-0.15, -0.1) is 0 Å². The average molecular weight is 259 g/mol. The Balaban J connectivity index is 2.27. The van der Waals surface area contributed by atoms with E-state index in [2.05, 4.69) is 11.1 Å². The van der Waals surface area contributed by atoms with Crippen molar-refractivity contribution < 1.29 is 0 Å². The fourth-order valence-electron chi connectivity index (χ4n) is 2.37. The molecule has 0 saturated heterocycles. The summed E-state index contributed by atoms with van der Waals surface area (Å²) in [6.07, 6.45) is 5.42. The van der Waals surface area contributed by atoms with Gasteiger partial charge in [0.1, 0.15) is 6.07 Å². The summed E-state index contributed by atoms with van der Waals surface area (Å²) in [6.45, 7) is 1.96. The molecule has 0 aliphatic carbocycles. The maximum absolute atomic E-state index is 9.41. The fraction of sp³-hybridized carbons (Fsp3) is 0.0588.